The molecule has 0 N–H and O–H groups in total. The van der Waals surface area contributed by atoms with Gasteiger partial charge in [-0.05, 0) is 51.2 Å². The summed E-state index contributed by atoms with van der Waals surface area (Å²) >= 11 is 0. The summed E-state index contributed by atoms with van der Waals surface area (Å²) in [5, 5.41) is 4.07. The molecule has 0 aromatic carbocycles. The van der Waals surface area contributed by atoms with Crippen LogP contribution in [-0.4, -0.2) is 40.9 Å². The lowest BCUT2D eigenvalue weighted by atomic mass is 9.98. The fourth-order valence-electron chi connectivity index (χ4n) is 3.45. The van der Waals surface area contributed by atoms with Crippen LogP contribution in [0.5, 0.6) is 5.75 Å². The van der Waals surface area contributed by atoms with Gasteiger partial charge in [0.05, 0.1) is 31.1 Å². The minimum atomic E-state index is -0.353. The fourth-order valence-corrected chi connectivity index (χ4v) is 3.45. The summed E-state index contributed by atoms with van der Waals surface area (Å²) in [6.07, 6.45) is 9.47. The topological polar surface area (TPSA) is 77.7 Å². The van der Waals surface area contributed by atoms with Gasteiger partial charge in [-0.1, -0.05) is 24.9 Å². The maximum absolute atomic E-state index is 12.2. The highest BCUT2D eigenvalue weighted by Crippen LogP contribution is 2.28. The molecule has 1 aliphatic carbocycles. The molecule has 0 bridgehead atoms. The zero-order chi connectivity index (χ0) is 20.6. The molecular weight excluding hydrogens is 370 g/mol. The van der Waals surface area contributed by atoms with E-state index in [1.54, 1.807) is 13.2 Å². The first-order chi connectivity index (χ1) is 14.1. The van der Waals surface area contributed by atoms with E-state index in [9.17, 15) is 4.79 Å². The quantitative estimate of drug-likeness (QED) is 0.571. The molecule has 0 spiro atoms. The van der Waals surface area contributed by atoms with Crippen LogP contribution >= 0.6 is 0 Å². The monoisotopic (exact) mass is 401 g/mol. The van der Waals surface area contributed by atoms with Crippen LogP contribution < -0.4 is 4.74 Å². The van der Waals surface area contributed by atoms with Crippen LogP contribution in [0.1, 0.15) is 63.1 Å². The third-order valence-electron chi connectivity index (χ3n) is 5.24. The van der Waals surface area contributed by atoms with Gasteiger partial charge in [0.25, 0.3) is 0 Å². The maximum atomic E-state index is 12.2. The Kier molecular flexibility index (Phi) is 7.49. The van der Waals surface area contributed by atoms with Crippen LogP contribution in [0.15, 0.2) is 22.9 Å². The lowest BCUT2D eigenvalue weighted by Gasteiger charge is -2.22. The van der Waals surface area contributed by atoms with E-state index in [0.29, 0.717) is 24.6 Å². The molecule has 0 unspecified atom stereocenters. The molecule has 0 atom stereocenters. The first kappa shape index (κ1) is 21.1. The predicted octanol–water partition coefficient (Wildman–Crippen LogP) is 5.13. The van der Waals surface area contributed by atoms with Gasteiger partial charge in [0.2, 0.25) is 0 Å². The highest BCUT2D eigenvalue weighted by atomic mass is 16.6. The molecule has 0 radical (unpaired) electrons. The molecule has 7 nitrogen and oxygen atoms in total. The second-order valence-corrected chi connectivity index (χ2v) is 7.66. The number of carbonyl (C=O) groups is 1. The number of amides is 1. The Morgan fingerprint density at radius 1 is 1.28 bits per heavy atom. The van der Waals surface area contributed by atoms with Crippen LogP contribution in [0.2, 0.25) is 0 Å². The number of aromatic nitrogens is 2. The number of aryl methyl sites for hydroxylation is 1. The van der Waals surface area contributed by atoms with Gasteiger partial charge >= 0.3 is 6.09 Å². The van der Waals surface area contributed by atoms with E-state index < -0.39 is 0 Å². The van der Waals surface area contributed by atoms with E-state index in [1.165, 1.54) is 24.2 Å². The molecule has 1 aliphatic rings. The summed E-state index contributed by atoms with van der Waals surface area (Å²) in [5.41, 5.74) is 2.23. The van der Waals surface area contributed by atoms with E-state index in [2.05, 4.69) is 17.1 Å². The van der Waals surface area contributed by atoms with Gasteiger partial charge in [-0.25, -0.2) is 9.78 Å². The van der Waals surface area contributed by atoms with Crippen molar-refractivity contribution in [2.24, 2.45) is 0 Å². The molecule has 1 fully saturated rings. The van der Waals surface area contributed by atoms with Crippen molar-refractivity contribution in [3.8, 4) is 17.2 Å². The van der Waals surface area contributed by atoms with E-state index in [-0.39, 0.29) is 12.2 Å². The van der Waals surface area contributed by atoms with Crippen molar-refractivity contribution in [1.29, 1.82) is 0 Å². The molecule has 0 aliphatic heterocycles. The smallest absolute Gasteiger partial charge is 0.409 e. The standard InChI is InChI=1S/C22H31N3O4/c1-4-5-13-27-22(26)25(3)15-19-16(2)24-29-21(19)20-12-11-18(14-23-20)28-17-9-7-6-8-10-17/h11-12,14,17H,4-10,13,15H2,1-3H3. The first-order valence-electron chi connectivity index (χ1n) is 10.5. The number of hydrogen-bond donors (Lipinski definition) is 0. The molecule has 7 heteroatoms. The van der Waals surface area contributed by atoms with Crippen LogP contribution in [0.4, 0.5) is 4.79 Å². The van der Waals surface area contributed by atoms with E-state index in [0.717, 1.165) is 42.7 Å². The maximum Gasteiger partial charge on any atom is 0.409 e. The highest BCUT2D eigenvalue weighted by Gasteiger charge is 2.21. The third kappa shape index (κ3) is 5.71. The lowest BCUT2D eigenvalue weighted by molar-refractivity contribution is 0.107. The number of carbonyl (C=O) groups excluding carboxylic acids is 1. The molecule has 2 aromatic rings. The minimum Gasteiger partial charge on any atom is -0.489 e. The lowest BCUT2D eigenvalue weighted by Crippen LogP contribution is -2.27. The summed E-state index contributed by atoms with van der Waals surface area (Å²) in [6, 6.07) is 3.79. The van der Waals surface area contributed by atoms with E-state index in [4.69, 9.17) is 14.0 Å². The van der Waals surface area contributed by atoms with Crippen LogP contribution in [-0.2, 0) is 11.3 Å². The molecule has 3 rings (SSSR count). The van der Waals surface area contributed by atoms with Crippen molar-refractivity contribution >= 4 is 6.09 Å². The van der Waals surface area contributed by atoms with Gasteiger partial charge in [-0.3, -0.25) is 0 Å². The number of pyridine rings is 1. The van der Waals surface area contributed by atoms with E-state index in [1.807, 2.05) is 19.1 Å². The SMILES string of the molecule is CCCCOC(=O)N(C)Cc1c(C)noc1-c1ccc(OC2CCCCC2)cn1. The number of hydrogen-bond acceptors (Lipinski definition) is 6. The summed E-state index contributed by atoms with van der Waals surface area (Å²) in [7, 11) is 1.71. The van der Waals surface area contributed by atoms with Gasteiger partial charge < -0.3 is 18.9 Å². The van der Waals surface area contributed by atoms with Crippen molar-refractivity contribution in [2.75, 3.05) is 13.7 Å². The number of rotatable bonds is 8. The van der Waals surface area contributed by atoms with Crippen LogP contribution in [0.25, 0.3) is 11.5 Å². The Labute approximate surface area is 172 Å². The Morgan fingerprint density at radius 3 is 2.76 bits per heavy atom. The van der Waals surface area contributed by atoms with Gasteiger partial charge in [0.1, 0.15) is 11.4 Å². The highest BCUT2D eigenvalue weighted by molar-refractivity contribution is 5.68. The van der Waals surface area contributed by atoms with Gasteiger partial charge in [0, 0.05) is 12.6 Å². The third-order valence-corrected chi connectivity index (χ3v) is 5.24. The second kappa shape index (κ2) is 10.3. The normalized spacial score (nSPS) is 14.6. The van der Waals surface area contributed by atoms with Crippen LogP contribution in [0, 0.1) is 6.92 Å². The Morgan fingerprint density at radius 2 is 2.07 bits per heavy atom. The molecule has 0 saturated heterocycles. The van der Waals surface area contributed by atoms with Gasteiger partial charge in [0.15, 0.2) is 5.76 Å². The number of unbranched alkanes of at least 4 members (excludes halogenated alkanes) is 1. The second-order valence-electron chi connectivity index (χ2n) is 7.66. The summed E-state index contributed by atoms with van der Waals surface area (Å²) < 4.78 is 16.8. The minimum absolute atomic E-state index is 0.284. The zero-order valence-corrected chi connectivity index (χ0v) is 17.6. The van der Waals surface area contributed by atoms with Crippen molar-refractivity contribution < 1.29 is 18.8 Å². The molecule has 2 aromatic heterocycles. The van der Waals surface area contributed by atoms with Gasteiger partial charge in [-0.15, -0.1) is 0 Å². The first-order valence-corrected chi connectivity index (χ1v) is 10.5. The van der Waals surface area contributed by atoms with Gasteiger partial charge in [-0.2, -0.15) is 0 Å². The average molecular weight is 402 g/mol. The number of ether oxygens (including phenoxy) is 2. The fraction of sp³-hybridized carbons (Fsp3) is 0.591. The Balaban J connectivity index is 1.66. The molecule has 1 saturated carbocycles. The largest absolute Gasteiger partial charge is 0.489 e. The Hall–Kier alpha value is -2.57. The molecule has 1 amide bonds. The Bertz CT molecular complexity index is 782. The summed E-state index contributed by atoms with van der Waals surface area (Å²) in [4.78, 5) is 18.2. The van der Waals surface area contributed by atoms with Crippen molar-refractivity contribution in [1.82, 2.24) is 15.0 Å². The van der Waals surface area contributed by atoms with Crippen molar-refractivity contribution in [2.45, 2.75) is 71.4 Å². The molecular formula is C22H31N3O4. The van der Waals surface area contributed by atoms with Crippen LogP contribution in [0.3, 0.4) is 0 Å². The average Bonchev–Trinajstić information content (AvgIpc) is 3.09. The molecule has 158 valence electrons. The van der Waals surface area contributed by atoms with Crippen molar-refractivity contribution in [3.63, 3.8) is 0 Å². The summed E-state index contributed by atoms with van der Waals surface area (Å²) in [6.45, 7) is 4.69. The molecule has 2 heterocycles. The molecule has 29 heavy (non-hydrogen) atoms. The van der Waals surface area contributed by atoms with Crippen molar-refractivity contribution in [3.05, 3.63) is 29.6 Å². The predicted molar refractivity (Wildman–Crippen MR) is 110 cm³/mol. The summed E-state index contributed by atoms with van der Waals surface area (Å²) in [5.74, 6) is 1.34. The van der Waals surface area contributed by atoms with E-state index >= 15 is 0 Å². The zero-order valence-electron chi connectivity index (χ0n) is 17.6. The number of nitrogens with zero attached hydrogens (tertiary/aromatic N) is 3.